The van der Waals surface area contributed by atoms with Gasteiger partial charge >= 0.3 is 0 Å². The molecule has 18 heavy (non-hydrogen) atoms. The van der Waals surface area contributed by atoms with Crippen molar-refractivity contribution in [3.63, 3.8) is 0 Å². The van der Waals surface area contributed by atoms with Crippen LogP contribution in [0.5, 0.6) is 0 Å². The molecular weight excluding hydrogens is 231 g/mol. The van der Waals surface area contributed by atoms with E-state index in [0.29, 0.717) is 18.7 Å². The number of benzene rings is 1. The third-order valence-electron chi connectivity index (χ3n) is 2.75. The van der Waals surface area contributed by atoms with E-state index < -0.39 is 5.92 Å². The maximum Gasteiger partial charge on any atom is 0.244 e. The number of nitriles is 1. The first-order valence-electron chi connectivity index (χ1n) is 6.10. The van der Waals surface area contributed by atoms with Crippen LogP contribution in [-0.4, -0.2) is 12.5 Å². The van der Waals surface area contributed by atoms with E-state index in [1.54, 1.807) is 12.1 Å². The number of hydrogen-bond acceptors (Lipinski definition) is 2. The fraction of sp³-hybridized carbons (Fsp3) is 0.429. The highest BCUT2D eigenvalue weighted by molar-refractivity contribution is 5.96. The van der Waals surface area contributed by atoms with Crippen molar-refractivity contribution in [2.24, 2.45) is 5.92 Å². The second-order valence-electron chi connectivity index (χ2n) is 4.03. The molecule has 0 saturated heterocycles. The zero-order valence-corrected chi connectivity index (χ0v) is 10.7. The number of anilines is 1. The molecule has 0 spiro atoms. The van der Waals surface area contributed by atoms with Crippen LogP contribution in [-0.2, 0) is 4.79 Å². The third-order valence-corrected chi connectivity index (χ3v) is 2.75. The van der Waals surface area contributed by atoms with Crippen LogP contribution in [0.2, 0.25) is 0 Å². The number of amides is 1. The van der Waals surface area contributed by atoms with Gasteiger partial charge in [0.15, 0.2) is 0 Å². The summed E-state index contributed by atoms with van der Waals surface area (Å²) < 4.78 is 12.8. The predicted molar refractivity (Wildman–Crippen MR) is 68.4 cm³/mol. The Balaban J connectivity index is 2.92. The molecule has 0 bridgehead atoms. The quantitative estimate of drug-likeness (QED) is 0.803. The summed E-state index contributed by atoms with van der Waals surface area (Å²) in [6.45, 7) is 4.24. The number of halogens is 1. The smallest absolute Gasteiger partial charge is 0.244 e. The second kappa shape index (κ2) is 6.75. The van der Waals surface area contributed by atoms with Crippen molar-refractivity contribution in [3.8, 4) is 6.07 Å². The van der Waals surface area contributed by atoms with Gasteiger partial charge in [0.2, 0.25) is 5.91 Å². The molecule has 1 amide bonds. The fourth-order valence-corrected chi connectivity index (χ4v) is 1.81. The first kappa shape index (κ1) is 14.2. The van der Waals surface area contributed by atoms with Gasteiger partial charge < -0.3 is 4.90 Å². The lowest BCUT2D eigenvalue weighted by Crippen LogP contribution is -2.35. The Morgan fingerprint density at radius 3 is 2.44 bits per heavy atom. The lowest BCUT2D eigenvalue weighted by molar-refractivity contribution is -0.120. The lowest BCUT2D eigenvalue weighted by Gasteiger charge is -2.23. The van der Waals surface area contributed by atoms with Gasteiger partial charge in [0.1, 0.15) is 11.7 Å². The Hall–Kier alpha value is -1.89. The molecule has 0 saturated carbocycles. The van der Waals surface area contributed by atoms with Crippen molar-refractivity contribution in [2.45, 2.75) is 26.7 Å². The topological polar surface area (TPSA) is 44.1 Å². The molecule has 4 heteroatoms. The Morgan fingerprint density at radius 1 is 1.39 bits per heavy atom. The lowest BCUT2D eigenvalue weighted by atomic mass is 10.0. The first-order chi connectivity index (χ1) is 8.63. The number of carbonyl (C=O) groups is 1. The summed E-state index contributed by atoms with van der Waals surface area (Å²) in [6, 6.07) is 7.76. The zero-order valence-electron chi connectivity index (χ0n) is 10.7. The number of hydrogen-bond donors (Lipinski definition) is 0. The Labute approximate surface area is 107 Å². The van der Waals surface area contributed by atoms with Gasteiger partial charge in [0.05, 0.1) is 6.07 Å². The van der Waals surface area contributed by atoms with E-state index in [0.717, 1.165) is 6.42 Å². The zero-order chi connectivity index (χ0) is 13.5. The van der Waals surface area contributed by atoms with E-state index in [2.05, 4.69) is 0 Å². The molecule has 0 fully saturated rings. The van der Waals surface area contributed by atoms with Gasteiger partial charge in [-0.25, -0.2) is 4.39 Å². The van der Waals surface area contributed by atoms with Gasteiger partial charge in [-0.15, -0.1) is 0 Å². The minimum Gasteiger partial charge on any atom is -0.312 e. The molecule has 1 unspecified atom stereocenters. The van der Waals surface area contributed by atoms with E-state index >= 15 is 0 Å². The van der Waals surface area contributed by atoms with Gasteiger partial charge in [-0.1, -0.05) is 13.3 Å². The fourth-order valence-electron chi connectivity index (χ4n) is 1.81. The highest BCUT2D eigenvalue weighted by Crippen LogP contribution is 2.19. The molecule has 0 N–H and O–H groups in total. The monoisotopic (exact) mass is 248 g/mol. The molecular formula is C14H17FN2O. The standard InChI is InChI=1S/C14H17FN2O/c1-3-5-11(10-16)14(18)17(4-2)13-8-6-12(15)7-9-13/h6-9,11H,3-5H2,1-2H3. The van der Waals surface area contributed by atoms with Gasteiger partial charge in [-0.3, -0.25) is 4.79 Å². The number of rotatable bonds is 5. The second-order valence-corrected chi connectivity index (χ2v) is 4.03. The van der Waals surface area contributed by atoms with Crippen LogP contribution in [0.15, 0.2) is 24.3 Å². The molecule has 0 radical (unpaired) electrons. The normalized spacial score (nSPS) is 11.7. The number of nitrogens with zero attached hydrogens (tertiary/aromatic N) is 2. The predicted octanol–water partition coefficient (Wildman–Crippen LogP) is 3.12. The summed E-state index contributed by atoms with van der Waals surface area (Å²) >= 11 is 0. The van der Waals surface area contributed by atoms with Crippen molar-refractivity contribution < 1.29 is 9.18 Å². The molecule has 1 atom stereocenters. The molecule has 1 rings (SSSR count). The molecule has 0 aliphatic carbocycles. The van der Waals surface area contributed by atoms with Crippen molar-refractivity contribution in [1.29, 1.82) is 5.26 Å². The molecule has 1 aromatic carbocycles. The van der Waals surface area contributed by atoms with Crippen molar-refractivity contribution in [2.75, 3.05) is 11.4 Å². The van der Waals surface area contributed by atoms with Crippen molar-refractivity contribution in [1.82, 2.24) is 0 Å². The molecule has 0 aliphatic rings. The van der Waals surface area contributed by atoms with Gasteiger partial charge in [0.25, 0.3) is 0 Å². The summed E-state index contributed by atoms with van der Waals surface area (Å²) in [5.74, 6) is -1.18. The summed E-state index contributed by atoms with van der Waals surface area (Å²) in [6.07, 6.45) is 1.33. The molecule has 1 aromatic rings. The minimum atomic E-state index is -0.625. The largest absolute Gasteiger partial charge is 0.312 e. The SMILES string of the molecule is CCCC(C#N)C(=O)N(CC)c1ccc(F)cc1. The van der Waals surface area contributed by atoms with Crippen LogP contribution in [0.1, 0.15) is 26.7 Å². The van der Waals surface area contributed by atoms with Crippen molar-refractivity contribution in [3.05, 3.63) is 30.1 Å². The highest BCUT2D eigenvalue weighted by Gasteiger charge is 2.23. The van der Waals surface area contributed by atoms with E-state index in [1.807, 2.05) is 19.9 Å². The van der Waals surface area contributed by atoms with Crippen LogP contribution in [0, 0.1) is 23.1 Å². The van der Waals surface area contributed by atoms with E-state index in [9.17, 15) is 9.18 Å². The maximum absolute atomic E-state index is 12.8. The van der Waals surface area contributed by atoms with Gasteiger partial charge in [0, 0.05) is 12.2 Å². The molecule has 0 aromatic heterocycles. The first-order valence-corrected chi connectivity index (χ1v) is 6.10. The van der Waals surface area contributed by atoms with Crippen LogP contribution in [0.4, 0.5) is 10.1 Å². The van der Waals surface area contributed by atoms with E-state index in [4.69, 9.17) is 5.26 Å². The number of carbonyl (C=O) groups excluding carboxylic acids is 1. The van der Waals surface area contributed by atoms with Crippen LogP contribution >= 0.6 is 0 Å². The maximum atomic E-state index is 12.8. The molecule has 96 valence electrons. The average Bonchev–Trinajstić information content (AvgIpc) is 2.38. The highest BCUT2D eigenvalue weighted by atomic mass is 19.1. The average molecular weight is 248 g/mol. The Bertz CT molecular complexity index is 436. The summed E-state index contributed by atoms with van der Waals surface area (Å²) in [4.78, 5) is 13.7. The van der Waals surface area contributed by atoms with E-state index in [1.165, 1.54) is 17.0 Å². The van der Waals surface area contributed by atoms with Crippen LogP contribution in [0.3, 0.4) is 0 Å². The Morgan fingerprint density at radius 2 is 2.00 bits per heavy atom. The summed E-state index contributed by atoms with van der Waals surface area (Å²) in [7, 11) is 0. The minimum absolute atomic E-state index is 0.214. The van der Waals surface area contributed by atoms with E-state index in [-0.39, 0.29) is 11.7 Å². The van der Waals surface area contributed by atoms with Crippen LogP contribution in [0.25, 0.3) is 0 Å². The summed E-state index contributed by atoms with van der Waals surface area (Å²) in [5.41, 5.74) is 0.625. The molecule has 0 heterocycles. The van der Waals surface area contributed by atoms with Gasteiger partial charge in [-0.05, 0) is 37.6 Å². The Kier molecular flexibility index (Phi) is 5.31. The van der Waals surface area contributed by atoms with Crippen molar-refractivity contribution >= 4 is 11.6 Å². The summed E-state index contributed by atoms with van der Waals surface area (Å²) in [5, 5.41) is 9.01. The third kappa shape index (κ3) is 3.30. The molecule has 3 nitrogen and oxygen atoms in total. The van der Waals surface area contributed by atoms with Crippen LogP contribution < -0.4 is 4.90 Å². The van der Waals surface area contributed by atoms with Gasteiger partial charge in [-0.2, -0.15) is 5.26 Å². The molecule has 0 aliphatic heterocycles.